The molecular formula is C21H16N6O3. The Kier molecular flexibility index (Phi) is 4.32. The molecule has 0 bridgehead atoms. The van der Waals surface area contributed by atoms with E-state index in [0.717, 1.165) is 5.56 Å². The van der Waals surface area contributed by atoms with Crippen LogP contribution in [-0.2, 0) is 6.54 Å². The van der Waals surface area contributed by atoms with Crippen LogP contribution in [0.5, 0.6) is 5.75 Å². The van der Waals surface area contributed by atoms with Crippen LogP contribution >= 0.6 is 0 Å². The van der Waals surface area contributed by atoms with Gasteiger partial charge in [-0.25, -0.2) is 4.52 Å². The van der Waals surface area contributed by atoms with Crippen molar-refractivity contribution < 1.29 is 9.26 Å². The van der Waals surface area contributed by atoms with Crippen LogP contribution in [0.2, 0.25) is 0 Å². The van der Waals surface area contributed by atoms with Crippen LogP contribution in [0.25, 0.3) is 28.3 Å². The Balaban J connectivity index is 1.49. The number of pyridine rings is 1. The van der Waals surface area contributed by atoms with E-state index >= 15 is 0 Å². The maximum atomic E-state index is 13.0. The van der Waals surface area contributed by atoms with E-state index in [1.807, 2.05) is 36.4 Å². The molecule has 0 aliphatic carbocycles. The fourth-order valence-corrected chi connectivity index (χ4v) is 3.20. The van der Waals surface area contributed by atoms with E-state index in [2.05, 4.69) is 20.2 Å². The molecule has 9 nitrogen and oxygen atoms in total. The van der Waals surface area contributed by atoms with Gasteiger partial charge in [-0.1, -0.05) is 23.4 Å². The number of hydrogen-bond acceptors (Lipinski definition) is 7. The Morgan fingerprint density at radius 1 is 1.07 bits per heavy atom. The zero-order valence-corrected chi connectivity index (χ0v) is 16.0. The smallest absolute Gasteiger partial charge is 0.277 e. The van der Waals surface area contributed by atoms with Crippen molar-refractivity contribution in [2.75, 3.05) is 7.11 Å². The first-order chi connectivity index (χ1) is 14.7. The van der Waals surface area contributed by atoms with Crippen LogP contribution < -0.4 is 10.3 Å². The number of aromatic nitrogens is 6. The maximum absolute atomic E-state index is 13.0. The number of rotatable bonds is 5. The van der Waals surface area contributed by atoms with Gasteiger partial charge in [-0.3, -0.25) is 9.78 Å². The van der Waals surface area contributed by atoms with Crippen molar-refractivity contribution in [2.45, 2.75) is 6.54 Å². The summed E-state index contributed by atoms with van der Waals surface area (Å²) in [5.74, 6) is 1.38. The average Bonchev–Trinajstić information content (AvgIpc) is 3.44. The van der Waals surface area contributed by atoms with Crippen LogP contribution in [0.15, 0.2) is 76.4 Å². The van der Waals surface area contributed by atoms with Crippen molar-refractivity contribution in [3.63, 3.8) is 0 Å². The summed E-state index contributed by atoms with van der Waals surface area (Å²) in [6, 6.07) is 14.7. The van der Waals surface area contributed by atoms with Gasteiger partial charge in [-0.05, 0) is 30.3 Å². The second-order valence-electron chi connectivity index (χ2n) is 6.52. The van der Waals surface area contributed by atoms with E-state index in [1.165, 1.54) is 4.57 Å². The number of fused-ring (bicyclic) bond motifs is 1. The quantitative estimate of drug-likeness (QED) is 0.447. The lowest BCUT2D eigenvalue weighted by atomic mass is 10.1. The first-order valence-corrected chi connectivity index (χ1v) is 9.19. The molecule has 9 heteroatoms. The van der Waals surface area contributed by atoms with E-state index in [0.29, 0.717) is 34.4 Å². The Morgan fingerprint density at radius 3 is 2.77 bits per heavy atom. The number of benzene rings is 1. The number of methoxy groups -OCH3 is 1. The lowest BCUT2D eigenvalue weighted by Gasteiger charge is -2.04. The normalized spacial score (nSPS) is 11.1. The summed E-state index contributed by atoms with van der Waals surface area (Å²) in [6.45, 7) is 0.143. The molecule has 0 spiro atoms. The van der Waals surface area contributed by atoms with Crippen LogP contribution in [0.3, 0.4) is 0 Å². The number of hydrogen-bond donors (Lipinski definition) is 0. The molecule has 0 aliphatic heterocycles. The third kappa shape index (κ3) is 3.12. The minimum atomic E-state index is -0.219. The van der Waals surface area contributed by atoms with E-state index in [-0.39, 0.29) is 12.1 Å². The molecule has 0 N–H and O–H groups in total. The topological polar surface area (TPSA) is 100 Å². The molecular weight excluding hydrogens is 384 g/mol. The molecule has 4 aromatic heterocycles. The van der Waals surface area contributed by atoms with Crippen molar-refractivity contribution in [3.05, 3.63) is 83.4 Å². The van der Waals surface area contributed by atoms with E-state index in [1.54, 1.807) is 42.3 Å². The first kappa shape index (κ1) is 17.8. The highest BCUT2D eigenvalue weighted by Gasteiger charge is 2.14. The maximum Gasteiger partial charge on any atom is 0.277 e. The first-order valence-electron chi connectivity index (χ1n) is 9.19. The summed E-state index contributed by atoms with van der Waals surface area (Å²) < 4.78 is 13.7. The van der Waals surface area contributed by atoms with Gasteiger partial charge < -0.3 is 13.8 Å². The van der Waals surface area contributed by atoms with Crippen molar-refractivity contribution in [3.8, 4) is 28.5 Å². The van der Waals surface area contributed by atoms with Gasteiger partial charge >= 0.3 is 0 Å². The highest BCUT2D eigenvalue weighted by Crippen LogP contribution is 2.28. The molecule has 0 amide bonds. The van der Waals surface area contributed by atoms with Gasteiger partial charge in [0, 0.05) is 24.2 Å². The fraction of sp³-hybridized carbons (Fsp3) is 0.0952. The van der Waals surface area contributed by atoms with Crippen molar-refractivity contribution in [2.24, 2.45) is 0 Å². The Morgan fingerprint density at radius 2 is 1.93 bits per heavy atom. The van der Waals surface area contributed by atoms with Crippen molar-refractivity contribution in [1.82, 2.24) is 29.3 Å². The van der Waals surface area contributed by atoms with Gasteiger partial charge in [0.2, 0.25) is 11.7 Å². The summed E-state index contributed by atoms with van der Waals surface area (Å²) in [5.41, 5.74) is 2.28. The fourth-order valence-electron chi connectivity index (χ4n) is 3.20. The second kappa shape index (κ2) is 7.28. The molecule has 4 heterocycles. The van der Waals surface area contributed by atoms with Gasteiger partial charge in [-0.2, -0.15) is 10.1 Å². The van der Waals surface area contributed by atoms with Crippen molar-refractivity contribution in [1.29, 1.82) is 0 Å². The summed E-state index contributed by atoms with van der Waals surface area (Å²) in [4.78, 5) is 21.5. The monoisotopic (exact) mass is 400 g/mol. The minimum absolute atomic E-state index is 0.143. The van der Waals surface area contributed by atoms with Crippen molar-refractivity contribution >= 4 is 5.52 Å². The summed E-state index contributed by atoms with van der Waals surface area (Å²) in [7, 11) is 1.60. The zero-order chi connectivity index (χ0) is 20.5. The molecule has 0 atom stereocenters. The van der Waals surface area contributed by atoms with Crippen LogP contribution in [0.1, 0.15) is 5.89 Å². The second-order valence-corrected chi connectivity index (χ2v) is 6.52. The third-order valence-electron chi connectivity index (χ3n) is 4.65. The Labute approximate surface area is 170 Å². The molecule has 5 aromatic rings. The highest BCUT2D eigenvalue weighted by atomic mass is 16.5. The molecule has 0 unspecified atom stereocenters. The summed E-state index contributed by atoms with van der Waals surface area (Å²) in [5, 5.41) is 8.45. The molecule has 30 heavy (non-hydrogen) atoms. The van der Waals surface area contributed by atoms with E-state index < -0.39 is 0 Å². The summed E-state index contributed by atoms with van der Waals surface area (Å²) >= 11 is 0. The Bertz CT molecular complexity index is 1390. The molecule has 1 aromatic carbocycles. The van der Waals surface area contributed by atoms with E-state index in [9.17, 15) is 4.79 Å². The van der Waals surface area contributed by atoms with Crippen LogP contribution in [0, 0.1) is 0 Å². The average molecular weight is 400 g/mol. The summed E-state index contributed by atoms with van der Waals surface area (Å²) in [6.07, 6.45) is 5.01. The molecule has 0 saturated heterocycles. The SMILES string of the molecule is COc1ccccc1-c1cc2c(=O)n(Cc3nc(-c4ccccn4)no3)ccn2n1. The van der Waals surface area contributed by atoms with Gasteiger partial charge in [0.05, 0.1) is 12.8 Å². The highest BCUT2D eigenvalue weighted by molar-refractivity contribution is 5.71. The van der Waals surface area contributed by atoms with E-state index in [4.69, 9.17) is 9.26 Å². The van der Waals surface area contributed by atoms with Gasteiger partial charge in [0.25, 0.3) is 5.56 Å². The predicted molar refractivity (Wildman–Crippen MR) is 108 cm³/mol. The molecule has 0 radical (unpaired) electrons. The Hall–Kier alpha value is -4.27. The number of nitrogens with zero attached hydrogens (tertiary/aromatic N) is 6. The predicted octanol–water partition coefficient (Wildman–Crippen LogP) is 2.66. The molecule has 148 valence electrons. The lowest BCUT2D eigenvalue weighted by molar-refractivity contribution is 0.370. The number of para-hydroxylation sites is 1. The molecule has 0 saturated carbocycles. The van der Waals surface area contributed by atoms with Crippen LogP contribution in [-0.4, -0.2) is 36.4 Å². The zero-order valence-electron chi connectivity index (χ0n) is 16.0. The largest absolute Gasteiger partial charge is 0.496 e. The number of ether oxygens (including phenoxy) is 1. The van der Waals surface area contributed by atoms with Gasteiger partial charge in [0.1, 0.15) is 23.5 Å². The van der Waals surface area contributed by atoms with Gasteiger partial charge in [-0.15, -0.1) is 0 Å². The molecule has 5 rings (SSSR count). The molecule has 0 fully saturated rings. The molecule has 0 aliphatic rings. The van der Waals surface area contributed by atoms with Gasteiger partial charge in [0.15, 0.2) is 0 Å². The standard InChI is InChI=1S/C21H16N6O3/c1-29-18-8-3-2-6-14(18)16-12-17-21(28)26(10-11-27(17)24-16)13-19-23-20(25-30-19)15-7-4-5-9-22-15/h2-12H,13H2,1H3. The minimum Gasteiger partial charge on any atom is -0.496 e. The van der Waals surface area contributed by atoms with Crippen LogP contribution in [0.4, 0.5) is 0 Å². The lowest BCUT2D eigenvalue weighted by Crippen LogP contribution is -2.21. The third-order valence-corrected chi connectivity index (χ3v) is 4.65.